The van der Waals surface area contributed by atoms with Crippen molar-refractivity contribution in [2.75, 3.05) is 6.61 Å². The lowest BCUT2D eigenvalue weighted by molar-refractivity contribution is -0.384. The van der Waals surface area contributed by atoms with Crippen molar-refractivity contribution < 1.29 is 46.5 Å². The third-order valence-electron chi connectivity index (χ3n) is 5.44. The zero-order valence-corrected chi connectivity index (χ0v) is 21.0. The maximum atomic E-state index is 14.3. The van der Waals surface area contributed by atoms with Crippen molar-refractivity contribution in [3.05, 3.63) is 67.2 Å². The number of nitro groups is 1. The number of nitro benzene ring substituents is 1. The highest BCUT2D eigenvalue weighted by atomic mass is 31.2. The van der Waals surface area contributed by atoms with Crippen LogP contribution in [0.2, 0.25) is 0 Å². The van der Waals surface area contributed by atoms with Crippen molar-refractivity contribution in [3.8, 4) is 5.75 Å². The van der Waals surface area contributed by atoms with E-state index in [1.54, 1.807) is 13.8 Å². The minimum absolute atomic E-state index is 0.0247. The number of nitrogens with zero attached hydrogens (tertiary/aromatic N) is 3. The van der Waals surface area contributed by atoms with Crippen LogP contribution in [-0.2, 0) is 41.1 Å². The summed E-state index contributed by atoms with van der Waals surface area (Å²) in [6, 6.07) is 4.81. The van der Waals surface area contributed by atoms with Gasteiger partial charge in [-0.2, -0.15) is 4.39 Å². The molecular weight excluding hydrogens is 536 g/mol. The lowest BCUT2D eigenvalue weighted by atomic mass is 10.1. The van der Waals surface area contributed by atoms with Crippen molar-refractivity contribution in [2.24, 2.45) is 0 Å². The van der Waals surface area contributed by atoms with Gasteiger partial charge in [-0.15, -0.1) is 0 Å². The lowest BCUT2D eigenvalue weighted by Gasteiger charge is -2.29. The van der Waals surface area contributed by atoms with E-state index in [4.69, 9.17) is 27.8 Å². The fraction of sp³-hybridized carbons (Fsp3) is 0.476. The summed E-state index contributed by atoms with van der Waals surface area (Å²) in [5, 5.41) is 10.8. The second-order valence-electron chi connectivity index (χ2n) is 8.60. The molecular formula is C21H23FN3O12P. The van der Waals surface area contributed by atoms with Gasteiger partial charge >= 0.3 is 19.7 Å². The van der Waals surface area contributed by atoms with Crippen LogP contribution >= 0.6 is 7.82 Å². The van der Waals surface area contributed by atoms with Crippen LogP contribution in [0.4, 0.5) is 14.9 Å². The van der Waals surface area contributed by atoms with Crippen LogP contribution in [0, 0.1) is 15.9 Å². The highest BCUT2D eigenvalue weighted by Crippen LogP contribution is 2.55. The summed E-state index contributed by atoms with van der Waals surface area (Å²) in [5.41, 5.74) is -2.43. The Morgan fingerprint density at radius 1 is 1.26 bits per heavy atom. The first kappa shape index (κ1) is 27.4. The van der Waals surface area contributed by atoms with E-state index >= 15 is 0 Å². The highest BCUT2D eigenvalue weighted by Gasteiger charge is 2.48. The van der Waals surface area contributed by atoms with Gasteiger partial charge in [0.2, 0.25) is 5.82 Å². The number of carbonyl (C=O) groups excluding carboxylic acids is 1. The first-order valence-electron chi connectivity index (χ1n) is 11.3. The molecule has 2 aliphatic rings. The smallest absolute Gasteiger partial charge is 0.432 e. The summed E-state index contributed by atoms with van der Waals surface area (Å²) in [7, 11) is -4.10. The quantitative estimate of drug-likeness (QED) is 0.200. The van der Waals surface area contributed by atoms with Crippen LogP contribution in [0.25, 0.3) is 0 Å². The summed E-state index contributed by atoms with van der Waals surface area (Å²) < 4.78 is 59.8. The first-order valence-corrected chi connectivity index (χ1v) is 12.8. The van der Waals surface area contributed by atoms with Crippen LogP contribution in [0.15, 0.2) is 40.1 Å². The van der Waals surface area contributed by atoms with Gasteiger partial charge in [-0.1, -0.05) is 0 Å². The molecule has 0 saturated carbocycles. The number of non-ortho nitro benzene ring substituents is 1. The molecule has 0 spiro atoms. The zero-order valence-electron chi connectivity index (χ0n) is 20.1. The maximum Gasteiger partial charge on any atom is 0.530 e. The Hall–Kier alpha value is -3.59. The average Bonchev–Trinajstić information content (AvgIpc) is 3.23. The van der Waals surface area contributed by atoms with Gasteiger partial charge in [0, 0.05) is 18.6 Å². The fourth-order valence-corrected chi connectivity index (χ4v) is 5.19. The number of rotatable bonds is 8. The number of aromatic nitrogens is 2. The Morgan fingerprint density at radius 2 is 1.97 bits per heavy atom. The highest BCUT2D eigenvalue weighted by molar-refractivity contribution is 7.49. The van der Waals surface area contributed by atoms with Crippen LogP contribution in [0.1, 0.15) is 20.3 Å². The largest absolute Gasteiger partial charge is 0.530 e. The summed E-state index contributed by atoms with van der Waals surface area (Å²) in [4.78, 5) is 46.6. The number of carbonyl (C=O) groups is 1. The van der Waals surface area contributed by atoms with Gasteiger partial charge < -0.3 is 18.7 Å². The standard InChI is InChI=1S/C21H23FN3O12P/c1-12(2)34-21(28)32-11-24-19(26)16(22)9-23(20(24)27)8-15-7-17-18(35-15)10-33-38(31,37-17)36-14-5-3-13(4-6-14)25(29)30/h3-6,9,12,15,17-18H,7-8,10-11H2,1-2H3/t15-,17+,18-,38?/m1/s1. The number of fused-ring (bicyclic) bond motifs is 1. The molecule has 17 heteroatoms. The van der Waals surface area contributed by atoms with E-state index in [-0.39, 0.29) is 31.0 Å². The third-order valence-corrected chi connectivity index (χ3v) is 6.87. The van der Waals surface area contributed by atoms with Crippen molar-refractivity contribution in [2.45, 2.75) is 58.0 Å². The van der Waals surface area contributed by atoms with Crippen LogP contribution in [0.3, 0.4) is 0 Å². The number of benzene rings is 1. The number of phosphoric ester groups is 1. The van der Waals surface area contributed by atoms with Crippen molar-refractivity contribution in [3.63, 3.8) is 0 Å². The van der Waals surface area contributed by atoms with Gasteiger partial charge in [-0.3, -0.25) is 28.5 Å². The second-order valence-corrected chi connectivity index (χ2v) is 10.1. The van der Waals surface area contributed by atoms with Gasteiger partial charge in [0.05, 0.1) is 36.5 Å². The number of phosphoric acid groups is 1. The number of hydrogen-bond donors (Lipinski definition) is 0. The molecule has 2 saturated heterocycles. The van der Waals surface area contributed by atoms with E-state index in [2.05, 4.69) is 0 Å². The monoisotopic (exact) mass is 559 g/mol. The number of ether oxygens (including phenoxy) is 3. The minimum atomic E-state index is -4.10. The first-order chi connectivity index (χ1) is 17.9. The fourth-order valence-electron chi connectivity index (χ4n) is 3.77. The van der Waals surface area contributed by atoms with Crippen LogP contribution < -0.4 is 15.8 Å². The van der Waals surface area contributed by atoms with Gasteiger partial charge in [-0.05, 0) is 26.0 Å². The van der Waals surface area contributed by atoms with E-state index in [0.717, 1.165) is 16.7 Å². The molecule has 0 amide bonds. The Bertz CT molecular complexity index is 1370. The molecule has 1 unspecified atom stereocenters. The topological polar surface area (TPSA) is 177 Å². The molecule has 4 rings (SSSR count). The van der Waals surface area contributed by atoms with Crippen molar-refractivity contribution in [1.29, 1.82) is 0 Å². The maximum absolute atomic E-state index is 14.3. The predicted molar refractivity (Wildman–Crippen MR) is 123 cm³/mol. The van der Waals surface area contributed by atoms with E-state index < -0.39 is 67.1 Å². The van der Waals surface area contributed by atoms with Gasteiger partial charge in [-0.25, -0.2) is 18.7 Å². The molecule has 3 heterocycles. The van der Waals surface area contributed by atoms with E-state index in [1.807, 2.05) is 0 Å². The summed E-state index contributed by atoms with van der Waals surface area (Å²) in [5.74, 6) is -1.24. The van der Waals surface area contributed by atoms with E-state index in [0.29, 0.717) is 10.8 Å². The Morgan fingerprint density at radius 3 is 2.63 bits per heavy atom. The minimum Gasteiger partial charge on any atom is -0.432 e. The zero-order chi connectivity index (χ0) is 27.6. The van der Waals surface area contributed by atoms with Crippen LogP contribution in [-0.4, -0.2) is 51.2 Å². The predicted octanol–water partition coefficient (Wildman–Crippen LogP) is 2.34. The number of hydrogen-bond acceptors (Lipinski definition) is 12. The normalized spacial score (nSPS) is 24.6. The number of halogens is 1. The van der Waals surface area contributed by atoms with Crippen molar-refractivity contribution >= 4 is 19.7 Å². The van der Waals surface area contributed by atoms with E-state index in [9.17, 15) is 33.5 Å². The van der Waals surface area contributed by atoms with Gasteiger partial charge in [0.15, 0.2) is 6.73 Å². The molecule has 0 N–H and O–H groups in total. The van der Waals surface area contributed by atoms with Gasteiger partial charge in [0.1, 0.15) is 18.0 Å². The molecule has 2 fully saturated rings. The second kappa shape index (κ2) is 11.0. The molecule has 0 bridgehead atoms. The molecule has 1 aromatic heterocycles. The average molecular weight is 559 g/mol. The molecule has 1 aromatic carbocycles. The van der Waals surface area contributed by atoms with Gasteiger partial charge in [0.25, 0.3) is 11.2 Å². The van der Waals surface area contributed by atoms with Crippen molar-refractivity contribution in [1.82, 2.24) is 9.13 Å². The Kier molecular flexibility index (Phi) is 7.97. The Balaban J connectivity index is 1.41. The molecule has 206 valence electrons. The SMILES string of the molecule is CC(C)OC(=O)OCn1c(=O)c(F)cn(C[C@H]2C[C@@H]3OP(=O)(Oc4ccc([N+](=O)[O-])cc4)OC[C@H]3O2)c1=O. The molecule has 2 aliphatic heterocycles. The summed E-state index contributed by atoms with van der Waals surface area (Å²) in [6.45, 7) is 1.88. The molecule has 4 atom stereocenters. The van der Waals surface area contributed by atoms with Crippen LogP contribution in [0.5, 0.6) is 5.75 Å². The molecule has 15 nitrogen and oxygen atoms in total. The molecule has 0 radical (unpaired) electrons. The summed E-state index contributed by atoms with van der Waals surface area (Å²) >= 11 is 0. The Labute approximate surface area is 213 Å². The summed E-state index contributed by atoms with van der Waals surface area (Å²) in [6.07, 6.45) is -2.99. The van der Waals surface area contributed by atoms with E-state index in [1.165, 1.54) is 12.1 Å². The molecule has 2 aromatic rings. The lowest BCUT2D eigenvalue weighted by Crippen LogP contribution is -2.43. The molecule has 38 heavy (non-hydrogen) atoms. The molecule has 0 aliphatic carbocycles. The third kappa shape index (κ3) is 6.27.